The molecule has 1 N–H and O–H groups in total. The number of nitriles is 1. The maximum Gasteiger partial charge on any atom is 0.418 e. The maximum atomic E-state index is 12.4. The summed E-state index contributed by atoms with van der Waals surface area (Å²) in [6.07, 6.45) is -8.34. The molecule has 0 atom stereocenters. The number of aromatic amines is 1. The first kappa shape index (κ1) is 12.2. The van der Waals surface area contributed by atoms with Crippen molar-refractivity contribution in [2.24, 2.45) is 0 Å². The number of hydrogen-bond donors (Lipinski definition) is 1. The van der Waals surface area contributed by atoms with Gasteiger partial charge in [0.1, 0.15) is 11.6 Å². The van der Waals surface area contributed by atoms with Crippen molar-refractivity contribution in [2.75, 3.05) is 0 Å². The molecule has 1 aromatic heterocycles. The highest BCUT2D eigenvalue weighted by atomic mass is 19.4. The van der Waals surface area contributed by atoms with Crippen LogP contribution in [0.2, 0.25) is 0 Å². The molecule has 0 aliphatic heterocycles. The second kappa shape index (κ2) is 3.92. The first-order valence-electron chi connectivity index (χ1n) is 3.80. The first-order valence-corrected chi connectivity index (χ1v) is 3.80. The lowest BCUT2D eigenvalue weighted by Crippen LogP contribution is -2.21. The van der Waals surface area contributed by atoms with Crippen molar-refractivity contribution in [1.29, 1.82) is 5.26 Å². The molecule has 8 heteroatoms. The van der Waals surface area contributed by atoms with Gasteiger partial charge in [-0.05, 0) is 0 Å². The smallest absolute Gasteiger partial charge is 0.327 e. The Morgan fingerprint density at radius 3 is 2.31 bits per heavy atom. The summed E-state index contributed by atoms with van der Waals surface area (Å²) < 4.78 is 61.7. The lowest BCUT2D eigenvalue weighted by Gasteiger charge is -2.12. The molecule has 0 aromatic carbocycles. The van der Waals surface area contributed by atoms with Gasteiger partial charge in [0, 0.05) is 11.8 Å². The molecule has 1 heterocycles. The largest absolute Gasteiger partial charge is 0.418 e. The lowest BCUT2D eigenvalue weighted by atomic mass is 10.0. The molecular weight excluding hydrogens is 235 g/mol. The number of halogens is 5. The van der Waals surface area contributed by atoms with Gasteiger partial charge in [-0.2, -0.15) is 18.4 Å². The van der Waals surface area contributed by atoms with Crippen LogP contribution in [0.25, 0.3) is 0 Å². The van der Waals surface area contributed by atoms with Crippen LogP contribution in [-0.2, 0) is 6.18 Å². The second-order valence-electron chi connectivity index (χ2n) is 2.73. The highest BCUT2D eigenvalue weighted by Gasteiger charge is 2.39. The zero-order valence-electron chi connectivity index (χ0n) is 7.40. The number of aromatic nitrogens is 1. The predicted octanol–water partition coefficient (Wildman–Crippen LogP) is 2.20. The lowest BCUT2D eigenvalue weighted by molar-refractivity contribution is -0.139. The topological polar surface area (TPSA) is 56.6 Å². The number of alkyl halides is 5. The number of pyridine rings is 1. The third-order valence-corrected chi connectivity index (χ3v) is 1.75. The van der Waals surface area contributed by atoms with Crippen LogP contribution < -0.4 is 5.56 Å². The van der Waals surface area contributed by atoms with Gasteiger partial charge >= 0.3 is 6.18 Å². The van der Waals surface area contributed by atoms with E-state index in [1.165, 1.54) is 0 Å². The van der Waals surface area contributed by atoms with Crippen LogP contribution in [0.3, 0.4) is 0 Å². The van der Waals surface area contributed by atoms with E-state index in [4.69, 9.17) is 5.26 Å². The van der Waals surface area contributed by atoms with E-state index in [2.05, 4.69) is 0 Å². The van der Waals surface area contributed by atoms with Crippen LogP contribution in [0.5, 0.6) is 0 Å². The summed E-state index contributed by atoms with van der Waals surface area (Å²) in [4.78, 5) is 12.5. The van der Waals surface area contributed by atoms with Gasteiger partial charge in [0.05, 0.1) is 5.56 Å². The zero-order chi connectivity index (χ0) is 12.5. The van der Waals surface area contributed by atoms with Gasteiger partial charge in [0.25, 0.3) is 12.0 Å². The van der Waals surface area contributed by atoms with Crippen molar-refractivity contribution in [3.63, 3.8) is 0 Å². The molecular formula is C8H3F5N2O. The fourth-order valence-electron chi connectivity index (χ4n) is 1.13. The normalized spacial score (nSPS) is 11.6. The van der Waals surface area contributed by atoms with Crippen LogP contribution in [0.1, 0.15) is 23.1 Å². The molecule has 0 aliphatic rings. The van der Waals surface area contributed by atoms with E-state index < -0.39 is 34.9 Å². The summed E-state index contributed by atoms with van der Waals surface area (Å²) in [5.41, 5.74) is -6.00. The number of nitrogens with zero attached hydrogens (tertiary/aromatic N) is 1. The van der Waals surface area contributed by atoms with Gasteiger partial charge in [-0.25, -0.2) is 8.78 Å². The minimum Gasteiger partial charge on any atom is -0.327 e. The second-order valence-corrected chi connectivity index (χ2v) is 2.73. The zero-order valence-corrected chi connectivity index (χ0v) is 7.40. The highest BCUT2D eigenvalue weighted by molar-refractivity contribution is 5.42. The molecule has 0 bridgehead atoms. The summed E-state index contributed by atoms with van der Waals surface area (Å²) in [7, 11) is 0. The molecule has 0 radical (unpaired) electrons. The van der Waals surface area contributed by atoms with Gasteiger partial charge in [-0.3, -0.25) is 4.79 Å². The van der Waals surface area contributed by atoms with Crippen molar-refractivity contribution in [3.05, 3.63) is 33.2 Å². The molecule has 0 aliphatic carbocycles. The maximum absolute atomic E-state index is 12.4. The summed E-state index contributed by atoms with van der Waals surface area (Å²) in [6, 6.07) is 0.969. The molecule has 0 saturated carbocycles. The van der Waals surface area contributed by atoms with Crippen molar-refractivity contribution < 1.29 is 22.0 Å². The summed E-state index contributed by atoms with van der Waals surface area (Å²) in [5, 5.41) is 8.35. The Balaban J connectivity index is 3.70. The number of nitrogens with one attached hydrogen (secondary N) is 1. The van der Waals surface area contributed by atoms with Gasteiger partial charge in [0.2, 0.25) is 0 Å². The van der Waals surface area contributed by atoms with Crippen molar-refractivity contribution >= 4 is 0 Å². The summed E-state index contributed by atoms with van der Waals surface area (Å²) >= 11 is 0. The highest BCUT2D eigenvalue weighted by Crippen LogP contribution is 2.36. The first-order chi connectivity index (χ1) is 7.29. The Hall–Kier alpha value is -1.91. The molecule has 0 fully saturated rings. The van der Waals surface area contributed by atoms with Crippen molar-refractivity contribution in [2.45, 2.75) is 12.6 Å². The van der Waals surface area contributed by atoms with Gasteiger partial charge in [0.15, 0.2) is 0 Å². The van der Waals surface area contributed by atoms with Crippen LogP contribution in [-0.4, -0.2) is 4.98 Å². The average Bonchev–Trinajstić information content (AvgIpc) is 2.15. The minimum atomic E-state index is -5.18. The summed E-state index contributed by atoms with van der Waals surface area (Å²) in [6.45, 7) is 0. The molecule has 1 rings (SSSR count). The van der Waals surface area contributed by atoms with Crippen molar-refractivity contribution in [1.82, 2.24) is 4.98 Å². The molecule has 0 spiro atoms. The quantitative estimate of drug-likeness (QED) is 0.762. The Bertz CT molecular complexity index is 497. The third kappa shape index (κ3) is 2.03. The molecule has 16 heavy (non-hydrogen) atoms. The van der Waals surface area contributed by atoms with Gasteiger partial charge in [-0.1, -0.05) is 0 Å². The minimum absolute atomic E-state index is 0.261. The number of rotatable bonds is 1. The third-order valence-electron chi connectivity index (χ3n) is 1.75. The van der Waals surface area contributed by atoms with E-state index >= 15 is 0 Å². The molecule has 0 saturated heterocycles. The Kier molecular flexibility index (Phi) is 2.98. The summed E-state index contributed by atoms with van der Waals surface area (Å²) in [5.74, 6) is 0. The Morgan fingerprint density at radius 1 is 1.38 bits per heavy atom. The van der Waals surface area contributed by atoms with E-state index in [1.807, 2.05) is 0 Å². The van der Waals surface area contributed by atoms with E-state index in [-0.39, 0.29) is 6.20 Å². The van der Waals surface area contributed by atoms with Crippen LogP contribution in [0, 0.1) is 11.3 Å². The molecule has 86 valence electrons. The monoisotopic (exact) mass is 238 g/mol. The molecule has 3 nitrogen and oxygen atoms in total. The van der Waals surface area contributed by atoms with Crippen LogP contribution in [0.4, 0.5) is 22.0 Å². The van der Waals surface area contributed by atoms with E-state index in [1.54, 1.807) is 4.98 Å². The fraction of sp³-hybridized carbons (Fsp3) is 0.250. The van der Waals surface area contributed by atoms with Gasteiger partial charge in [-0.15, -0.1) is 0 Å². The van der Waals surface area contributed by atoms with Crippen LogP contribution >= 0.6 is 0 Å². The number of H-pyrrole nitrogens is 1. The SMILES string of the molecule is N#Cc1c(C(F)(F)F)c(C(F)F)c[nH]c1=O. The van der Waals surface area contributed by atoms with Crippen molar-refractivity contribution in [3.8, 4) is 6.07 Å². The van der Waals surface area contributed by atoms with E-state index in [0.29, 0.717) is 0 Å². The molecule has 0 unspecified atom stereocenters. The Labute approximate surface area is 85.1 Å². The standard InChI is InChI=1S/C8H3F5N2O/c9-6(10)4-2-15-7(16)3(1-14)5(4)8(11,12)13/h2,6H,(H,15,16). The number of hydrogen-bond acceptors (Lipinski definition) is 2. The van der Waals surface area contributed by atoms with Gasteiger partial charge < -0.3 is 4.98 Å². The predicted molar refractivity (Wildman–Crippen MR) is 41.7 cm³/mol. The van der Waals surface area contributed by atoms with Crippen LogP contribution in [0.15, 0.2) is 11.0 Å². The average molecular weight is 238 g/mol. The van der Waals surface area contributed by atoms with E-state index in [9.17, 15) is 26.7 Å². The fourth-order valence-corrected chi connectivity index (χ4v) is 1.13. The molecule has 1 aromatic rings. The van der Waals surface area contributed by atoms with E-state index in [0.717, 1.165) is 6.07 Å². The Morgan fingerprint density at radius 2 is 1.94 bits per heavy atom. The molecule has 0 amide bonds.